The van der Waals surface area contributed by atoms with Gasteiger partial charge in [-0.05, 0) is 25.5 Å². The van der Waals surface area contributed by atoms with Crippen molar-refractivity contribution in [3.05, 3.63) is 23.8 Å². The van der Waals surface area contributed by atoms with E-state index in [1.807, 2.05) is 32.0 Å². The van der Waals surface area contributed by atoms with Crippen molar-refractivity contribution in [2.24, 2.45) is 0 Å². The zero-order chi connectivity index (χ0) is 11.7. The topological polar surface area (TPSA) is 68.0 Å². The molecule has 0 amide bonds. The van der Waals surface area contributed by atoms with E-state index >= 15 is 0 Å². The lowest BCUT2D eigenvalue weighted by atomic mass is 10.2. The van der Waals surface area contributed by atoms with E-state index in [9.17, 15) is 4.79 Å². The van der Waals surface area contributed by atoms with Gasteiger partial charge in [-0.1, -0.05) is 17.3 Å². The molecule has 0 saturated carbocycles. The number of aryl methyl sites for hydroxylation is 1. The quantitative estimate of drug-likeness (QED) is 0.854. The number of carbonyl (C=O) groups is 1. The fraction of sp³-hybridized carbons (Fsp3) is 0.364. The molecule has 1 aromatic heterocycles. The monoisotopic (exact) mass is 219 g/mol. The van der Waals surface area contributed by atoms with Crippen LogP contribution in [0.4, 0.5) is 0 Å². The Hall–Kier alpha value is -1.91. The molecule has 1 atom stereocenters. The number of aliphatic carboxylic acids is 1. The van der Waals surface area contributed by atoms with Gasteiger partial charge in [-0.15, -0.1) is 5.10 Å². The highest BCUT2D eigenvalue weighted by atomic mass is 16.4. The third-order valence-electron chi connectivity index (χ3n) is 2.59. The molecule has 0 aliphatic rings. The molecule has 0 aliphatic heterocycles. The summed E-state index contributed by atoms with van der Waals surface area (Å²) in [7, 11) is 0. The molecule has 1 N–H and O–H groups in total. The minimum Gasteiger partial charge on any atom is -0.481 e. The number of rotatable bonds is 3. The third kappa shape index (κ3) is 1.76. The first-order valence-corrected chi connectivity index (χ1v) is 5.12. The van der Waals surface area contributed by atoms with Crippen LogP contribution in [0.25, 0.3) is 11.0 Å². The first-order valence-electron chi connectivity index (χ1n) is 5.12. The lowest BCUT2D eigenvalue weighted by Crippen LogP contribution is -2.11. The molecule has 0 radical (unpaired) electrons. The highest BCUT2D eigenvalue weighted by molar-refractivity contribution is 5.78. The van der Waals surface area contributed by atoms with Crippen molar-refractivity contribution in [3.63, 3.8) is 0 Å². The minimum absolute atomic E-state index is 0.0480. The van der Waals surface area contributed by atoms with Crippen LogP contribution in [0.1, 0.15) is 24.9 Å². The number of nitrogens with zero attached hydrogens (tertiary/aromatic N) is 3. The maximum Gasteiger partial charge on any atom is 0.305 e. The van der Waals surface area contributed by atoms with Crippen molar-refractivity contribution in [3.8, 4) is 0 Å². The average Bonchev–Trinajstić information content (AvgIpc) is 2.61. The summed E-state index contributed by atoms with van der Waals surface area (Å²) in [5.41, 5.74) is 2.76. The van der Waals surface area contributed by atoms with E-state index in [-0.39, 0.29) is 12.5 Å². The van der Waals surface area contributed by atoms with Crippen LogP contribution < -0.4 is 0 Å². The molecule has 0 aliphatic carbocycles. The summed E-state index contributed by atoms with van der Waals surface area (Å²) >= 11 is 0. The van der Waals surface area contributed by atoms with Crippen molar-refractivity contribution in [2.75, 3.05) is 0 Å². The smallest absolute Gasteiger partial charge is 0.305 e. The fourth-order valence-corrected chi connectivity index (χ4v) is 1.76. The van der Waals surface area contributed by atoms with Gasteiger partial charge >= 0.3 is 5.97 Å². The van der Waals surface area contributed by atoms with Gasteiger partial charge in [0.1, 0.15) is 5.52 Å². The Morgan fingerprint density at radius 3 is 3.00 bits per heavy atom. The van der Waals surface area contributed by atoms with Gasteiger partial charge in [0.05, 0.1) is 18.0 Å². The van der Waals surface area contributed by atoms with Crippen molar-refractivity contribution in [1.29, 1.82) is 0 Å². The molecule has 1 unspecified atom stereocenters. The van der Waals surface area contributed by atoms with Gasteiger partial charge < -0.3 is 5.11 Å². The molecule has 2 aromatic rings. The van der Waals surface area contributed by atoms with Crippen LogP contribution >= 0.6 is 0 Å². The van der Waals surface area contributed by atoms with Gasteiger partial charge in [-0.2, -0.15) is 0 Å². The van der Waals surface area contributed by atoms with E-state index in [4.69, 9.17) is 5.11 Å². The molecule has 0 spiro atoms. The summed E-state index contributed by atoms with van der Waals surface area (Å²) < 4.78 is 1.66. The van der Waals surface area contributed by atoms with Gasteiger partial charge in [-0.25, -0.2) is 4.68 Å². The molecule has 5 nitrogen and oxygen atoms in total. The molecular formula is C11H13N3O2. The number of carboxylic acids is 1. The van der Waals surface area contributed by atoms with Crippen LogP contribution in [0, 0.1) is 6.92 Å². The van der Waals surface area contributed by atoms with Gasteiger partial charge in [-0.3, -0.25) is 4.79 Å². The van der Waals surface area contributed by atoms with E-state index in [0.717, 1.165) is 16.6 Å². The van der Waals surface area contributed by atoms with Crippen LogP contribution in [0.15, 0.2) is 18.2 Å². The Labute approximate surface area is 92.7 Å². The Bertz CT molecular complexity index is 533. The van der Waals surface area contributed by atoms with Crippen molar-refractivity contribution in [2.45, 2.75) is 26.3 Å². The highest BCUT2D eigenvalue weighted by Crippen LogP contribution is 2.19. The first-order chi connectivity index (χ1) is 7.59. The van der Waals surface area contributed by atoms with Crippen LogP contribution in [-0.2, 0) is 4.79 Å². The fourth-order valence-electron chi connectivity index (χ4n) is 1.76. The van der Waals surface area contributed by atoms with Crippen LogP contribution in [0.3, 0.4) is 0 Å². The maximum atomic E-state index is 10.6. The predicted octanol–water partition coefficient (Wildman–Crippen LogP) is 1.78. The standard InChI is InChI=1S/C11H13N3O2/c1-7-4-3-5-9-11(7)12-13-14(9)8(2)6-10(15)16/h3-5,8H,6H2,1-2H3,(H,15,16). The largest absolute Gasteiger partial charge is 0.481 e. The Morgan fingerprint density at radius 1 is 1.56 bits per heavy atom. The maximum absolute atomic E-state index is 10.6. The van der Waals surface area contributed by atoms with Crippen LogP contribution in [0.2, 0.25) is 0 Å². The summed E-state index contributed by atoms with van der Waals surface area (Å²) in [6.45, 7) is 3.79. The minimum atomic E-state index is -0.830. The van der Waals surface area contributed by atoms with Crippen LogP contribution in [-0.4, -0.2) is 26.1 Å². The molecule has 84 valence electrons. The molecule has 1 aromatic carbocycles. The number of fused-ring (bicyclic) bond motifs is 1. The van der Waals surface area contributed by atoms with Crippen LogP contribution in [0.5, 0.6) is 0 Å². The predicted molar refractivity (Wildman–Crippen MR) is 59.2 cm³/mol. The normalized spacial score (nSPS) is 12.9. The lowest BCUT2D eigenvalue weighted by molar-refractivity contribution is -0.137. The average molecular weight is 219 g/mol. The molecule has 5 heteroatoms. The molecule has 0 fully saturated rings. The Morgan fingerprint density at radius 2 is 2.31 bits per heavy atom. The van der Waals surface area contributed by atoms with Crippen molar-refractivity contribution >= 4 is 17.0 Å². The Balaban J connectivity index is 2.46. The number of hydrogen-bond acceptors (Lipinski definition) is 3. The lowest BCUT2D eigenvalue weighted by Gasteiger charge is -2.09. The summed E-state index contributed by atoms with van der Waals surface area (Å²) in [6.07, 6.45) is 0.0480. The van der Waals surface area contributed by atoms with Gasteiger partial charge in [0, 0.05) is 0 Å². The molecular weight excluding hydrogens is 206 g/mol. The second-order valence-corrected chi connectivity index (χ2v) is 3.92. The Kier molecular flexibility index (Phi) is 2.60. The van der Waals surface area contributed by atoms with Gasteiger partial charge in [0.2, 0.25) is 0 Å². The van der Waals surface area contributed by atoms with E-state index in [1.165, 1.54) is 0 Å². The number of benzene rings is 1. The van der Waals surface area contributed by atoms with E-state index < -0.39 is 5.97 Å². The first kappa shape index (κ1) is 10.6. The highest BCUT2D eigenvalue weighted by Gasteiger charge is 2.14. The molecule has 16 heavy (non-hydrogen) atoms. The van der Waals surface area contributed by atoms with Crippen molar-refractivity contribution in [1.82, 2.24) is 15.0 Å². The van der Waals surface area contributed by atoms with Gasteiger partial charge in [0.25, 0.3) is 0 Å². The molecule has 1 heterocycles. The van der Waals surface area contributed by atoms with E-state index in [0.29, 0.717) is 0 Å². The van der Waals surface area contributed by atoms with E-state index in [2.05, 4.69) is 10.3 Å². The summed E-state index contributed by atoms with van der Waals surface area (Å²) in [5, 5.41) is 16.8. The number of carboxylic acid groups (broad SMARTS) is 1. The number of aromatic nitrogens is 3. The zero-order valence-corrected chi connectivity index (χ0v) is 9.21. The second-order valence-electron chi connectivity index (χ2n) is 3.92. The molecule has 0 saturated heterocycles. The SMILES string of the molecule is Cc1cccc2c1nnn2C(C)CC(=O)O. The summed E-state index contributed by atoms with van der Waals surface area (Å²) in [4.78, 5) is 10.6. The third-order valence-corrected chi connectivity index (χ3v) is 2.59. The second kappa shape index (κ2) is 3.92. The van der Waals surface area contributed by atoms with Crippen molar-refractivity contribution < 1.29 is 9.90 Å². The molecule has 2 rings (SSSR count). The van der Waals surface area contributed by atoms with E-state index in [1.54, 1.807) is 4.68 Å². The summed E-state index contributed by atoms with van der Waals surface area (Å²) in [6, 6.07) is 5.60. The number of hydrogen-bond donors (Lipinski definition) is 1. The van der Waals surface area contributed by atoms with Gasteiger partial charge in [0.15, 0.2) is 0 Å². The summed E-state index contributed by atoms with van der Waals surface area (Å²) in [5.74, 6) is -0.830. The zero-order valence-electron chi connectivity index (χ0n) is 9.21. The molecule has 0 bridgehead atoms.